The molecule has 19 heteroatoms. The molecule has 0 aromatic rings. The zero-order valence-electron chi connectivity index (χ0n) is 61.7. The average molecular weight is 1420 g/mol. The van der Waals surface area contributed by atoms with Gasteiger partial charge in [-0.25, -0.2) is 9.13 Å². The highest BCUT2D eigenvalue weighted by molar-refractivity contribution is 7.47. The predicted octanol–water partition coefficient (Wildman–Crippen LogP) is 22.0. The molecule has 0 rings (SSSR count). The van der Waals surface area contributed by atoms with Gasteiger partial charge in [-0.3, -0.25) is 37.3 Å². The summed E-state index contributed by atoms with van der Waals surface area (Å²) in [6, 6.07) is 0. The third-order valence-corrected chi connectivity index (χ3v) is 17.9. The maximum absolute atomic E-state index is 13.1. The Morgan fingerprint density at radius 1 is 0.286 bits per heavy atom. The van der Waals surface area contributed by atoms with E-state index in [1.807, 2.05) is 12.2 Å². The maximum atomic E-state index is 13.1. The number of hydrogen-bond donors (Lipinski definition) is 3. The molecule has 0 bridgehead atoms. The van der Waals surface area contributed by atoms with Crippen molar-refractivity contribution in [1.82, 2.24) is 0 Å². The molecule has 0 spiro atoms. The van der Waals surface area contributed by atoms with E-state index in [9.17, 15) is 43.2 Å². The number of unbranched alkanes of at least 4 members (excludes halogenated alkanes) is 30. The van der Waals surface area contributed by atoms with Gasteiger partial charge in [-0.1, -0.05) is 247 Å². The first-order valence-corrected chi connectivity index (χ1v) is 41.5. The molecule has 17 nitrogen and oxygen atoms in total. The summed E-state index contributed by atoms with van der Waals surface area (Å²) in [5.41, 5.74) is 0. The van der Waals surface area contributed by atoms with Crippen LogP contribution in [0.2, 0.25) is 0 Å². The van der Waals surface area contributed by atoms with Crippen LogP contribution in [-0.4, -0.2) is 96.7 Å². The van der Waals surface area contributed by atoms with Gasteiger partial charge in [0.05, 0.1) is 26.4 Å². The van der Waals surface area contributed by atoms with Crippen LogP contribution in [0, 0.1) is 0 Å². The summed E-state index contributed by atoms with van der Waals surface area (Å²) >= 11 is 0. The molecule has 0 aliphatic heterocycles. The first-order valence-electron chi connectivity index (χ1n) is 38.5. The van der Waals surface area contributed by atoms with Gasteiger partial charge < -0.3 is 33.8 Å². The Morgan fingerprint density at radius 3 is 0.837 bits per heavy atom. The van der Waals surface area contributed by atoms with Gasteiger partial charge in [0.2, 0.25) is 0 Å². The van der Waals surface area contributed by atoms with E-state index in [4.69, 9.17) is 37.0 Å². The van der Waals surface area contributed by atoms with Gasteiger partial charge in [-0.15, -0.1) is 0 Å². The van der Waals surface area contributed by atoms with Crippen LogP contribution in [0.1, 0.15) is 323 Å². The second-order valence-corrected chi connectivity index (χ2v) is 28.5. The highest BCUT2D eigenvalue weighted by Crippen LogP contribution is 2.45. The van der Waals surface area contributed by atoms with E-state index < -0.39 is 97.5 Å². The van der Waals surface area contributed by atoms with Crippen molar-refractivity contribution in [2.75, 3.05) is 39.6 Å². The quantitative estimate of drug-likeness (QED) is 0.0169. The Labute approximate surface area is 595 Å². The van der Waals surface area contributed by atoms with E-state index >= 15 is 0 Å². The number of carbonyl (C=O) groups is 4. The summed E-state index contributed by atoms with van der Waals surface area (Å²) in [7, 11) is -9.97. The second kappa shape index (κ2) is 71.4. The molecule has 0 saturated carbocycles. The number of ether oxygens (including phenoxy) is 4. The predicted molar refractivity (Wildman–Crippen MR) is 399 cm³/mol. The number of phosphoric acid groups is 2. The fourth-order valence-electron chi connectivity index (χ4n) is 10.1. The molecule has 2 unspecified atom stereocenters. The summed E-state index contributed by atoms with van der Waals surface area (Å²) in [6.45, 7) is 4.71. The smallest absolute Gasteiger partial charge is 0.462 e. The van der Waals surface area contributed by atoms with E-state index in [1.54, 1.807) is 0 Å². The van der Waals surface area contributed by atoms with E-state index in [2.05, 4.69) is 113 Å². The lowest BCUT2D eigenvalue weighted by Gasteiger charge is -2.21. The summed E-state index contributed by atoms with van der Waals surface area (Å²) in [5.74, 6) is -2.26. The molecular formula is C79H138O17P2. The van der Waals surface area contributed by atoms with Crippen molar-refractivity contribution < 1.29 is 80.2 Å². The molecule has 0 aromatic heterocycles. The molecule has 0 heterocycles. The van der Waals surface area contributed by atoms with Gasteiger partial charge in [-0.05, 0) is 148 Å². The van der Waals surface area contributed by atoms with Gasteiger partial charge in [0.15, 0.2) is 12.2 Å². The lowest BCUT2D eigenvalue weighted by atomic mass is 10.1. The summed E-state index contributed by atoms with van der Waals surface area (Å²) in [6.07, 6.45) is 74.0. The van der Waals surface area contributed by atoms with Crippen LogP contribution < -0.4 is 0 Å². The second-order valence-electron chi connectivity index (χ2n) is 25.6. The Kier molecular flexibility index (Phi) is 68.4. The van der Waals surface area contributed by atoms with E-state index in [-0.39, 0.29) is 25.7 Å². The Morgan fingerprint density at radius 2 is 0.510 bits per heavy atom. The Balaban J connectivity index is 5.40. The average Bonchev–Trinajstić information content (AvgIpc) is 0.962. The molecule has 566 valence electrons. The molecule has 0 aliphatic rings. The minimum Gasteiger partial charge on any atom is -0.462 e. The molecule has 5 atom stereocenters. The van der Waals surface area contributed by atoms with Crippen LogP contribution in [0.5, 0.6) is 0 Å². The molecule has 0 aliphatic carbocycles. The van der Waals surface area contributed by atoms with Gasteiger partial charge in [0, 0.05) is 25.7 Å². The minimum absolute atomic E-state index is 0.0730. The van der Waals surface area contributed by atoms with E-state index in [0.29, 0.717) is 32.1 Å². The number of hydrogen-bond acceptors (Lipinski definition) is 15. The first-order chi connectivity index (χ1) is 47.7. The third kappa shape index (κ3) is 70.4. The lowest BCUT2D eigenvalue weighted by molar-refractivity contribution is -0.161. The van der Waals surface area contributed by atoms with Crippen LogP contribution in [0.25, 0.3) is 0 Å². The highest BCUT2D eigenvalue weighted by atomic mass is 31.2. The van der Waals surface area contributed by atoms with Gasteiger partial charge >= 0.3 is 39.5 Å². The number of esters is 4. The molecule has 0 radical (unpaired) electrons. The molecule has 0 fully saturated rings. The number of aliphatic hydroxyl groups excluding tert-OH is 1. The van der Waals surface area contributed by atoms with Crippen molar-refractivity contribution in [3.63, 3.8) is 0 Å². The summed E-state index contributed by atoms with van der Waals surface area (Å²) < 4.78 is 68.4. The van der Waals surface area contributed by atoms with Crippen LogP contribution >= 0.6 is 15.6 Å². The fraction of sp³-hybridized carbons (Fsp3) is 0.747. The number of allylic oxidation sites excluding steroid dienone is 16. The molecule has 0 saturated heterocycles. The monoisotopic (exact) mass is 1420 g/mol. The normalized spacial score (nSPS) is 14.5. The van der Waals surface area contributed by atoms with E-state index in [0.717, 1.165) is 148 Å². The molecule has 0 amide bonds. The zero-order chi connectivity index (χ0) is 71.8. The summed E-state index contributed by atoms with van der Waals surface area (Å²) in [4.78, 5) is 72.8. The number of phosphoric ester groups is 2. The van der Waals surface area contributed by atoms with E-state index in [1.165, 1.54) is 89.9 Å². The van der Waals surface area contributed by atoms with Gasteiger partial charge in [-0.2, -0.15) is 0 Å². The Bertz CT molecular complexity index is 2240. The van der Waals surface area contributed by atoms with Crippen molar-refractivity contribution in [2.24, 2.45) is 0 Å². The summed E-state index contributed by atoms with van der Waals surface area (Å²) in [5, 5.41) is 10.6. The number of aliphatic hydroxyl groups is 1. The van der Waals surface area contributed by atoms with Crippen molar-refractivity contribution in [3.8, 4) is 0 Å². The van der Waals surface area contributed by atoms with Crippen molar-refractivity contribution in [1.29, 1.82) is 0 Å². The number of rotatable bonds is 72. The molecule has 98 heavy (non-hydrogen) atoms. The van der Waals surface area contributed by atoms with Crippen LogP contribution in [0.15, 0.2) is 97.2 Å². The van der Waals surface area contributed by atoms with Crippen molar-refractivity contribution in [3.05, 3.63) is 97.2 Å². The van der Waals surface area contributed by atoms with Crippen LogP contribution in [-0.2, 0) is 65.4 Å². The fourth-order valence-corrected chi connectivity index (χ4v) is 11.6. The zero-order valence-corrected chi connectivity index (χ0v) is 63.5. The van der Waals surface area contributed by atoms with Crippen LogP contribution in [0.3, 0.4) is 0 Å². The molecular weight excluding hydrogens is 1280 g/mol. The minimum atomic E-state index is -4.99. The highest BCUT2D eigenvalue weighted by Gasteiger charge is 2.30. The standard InChI is InChI=1S/C79H138O17P2/c1-5-9-13-17-21-25-29-33-35-36-38-41-44-48-52-56-60-64-77(82)90-70-74(95-78(83)65-61-57-53-49-45-40-32-28-24-20-16-12-8-4)71-93-97(85,86)91-67-73(80)68-92-98(87,88)94-72-75(69-89-76(81)63-59-55-51-47-43-39-31-27-23-19-15-11-7-3)96-79(84)66-62-58-54-50-46-42-37-34-30-26-22-18-14-10-6-2/h21-22,25-28,31-35,37-38,41,48,52,73-75,80H,5-20,23-24,29-30,36,39-40,42-47,49-51,53-72H2,1-4H3,(H,85,86)(H,87,88)/b25-21-,26-22-,31-27-,32-28-,35-33-,37-34-,41-38-,52-48-/t73-,74-,75-/m1/s1. The molecule has 0 aromatic carbocycles. The van der Waals surface area contributed by atoms with Crippen LogP contribution in [0.4, 0.5) is 0 Å². The topological polar surface area (TPSA) is 237 Å². The molecule has 3 N–H and O–H groups in total. The first kappa shape index (κ1) is 94.0. The lowest BCUT2D eigenvalue weighted by Crippen LogP contribution is -2.30. The van der Waals surface area contributed by atoms with Gasteiger partial charge in [0.25, 0.3) is 0 Å². The SMILES string of the molecule is CCCCC/C=C\C/C=C\C/C=C\C/C=C\CCCC(=O)OC[C@H](COP(=O)(O)OC[C@@H](O)COP(=O)(O)OC[C@@H](COC(=O)CCCCCCC/C=C\CCCCCC)OC(=O)CCCCCCC/C=C\C/C=C\CCCCC)OC(=O)CCCCCCC/C=C\CCCCCC. The Hall–Kier alpha value is -4.02. The number of carbonyl (C=O) groups excluding carboxylic acids is 4. The van der Waals surface area contributed by atoms with Gasteiger partial charge in [0.1, 0.15) is 19.3 Å². The van der Waals surface area contributed by atoms with Crippen molar-refractivity contribution in [2.45, 2.75) is 341 Å². The largest absolute Gasteiger partial charge is 0.472 e. The van der Waals surface area contributed by atoms with Crippen molar-refractivity contribution >= 4 is 39.5 Å². The maximum Gasteiger partial charge on any atom is 0.472 e. The third-order valence-electron chi connectivity index (χ3n) is 16.0.